The normalized spacial score (nSPS) is 25.9. The summed E-state index contributed by atoms with van der Waals surface area (Å²) >= 11 is 0. The Kier molecular flexibility index (Phi) is 2.56. The molecule has 0 fully saturated rings. The molecular formula is C11H12F5NO. The summed E-state index contributed by atoms with van der Waals surface area (Å²) in [6.45, 7) is 2.43. The van der Waals surface area contributed by atoms with Crippen molar-refractivity contribution >= 4 is 0 Å². The van der Waals surface area contributed by atoms with Crippen molar-refractivity contribution in [1.82, 2.24) is 4.98 Å². The van der Waals surface area contributed by atoms with Gasteiger partial charge in [0.25, 0.3) is 5.92 Å². The standard InChI is InChI=1S/C11H12F5NO/c1-9(2)3-6-7(8(18)10(9,12)13)5(4-17-6)11(14,15)16/h4,8,17-18H,3H2,1-2H3. The van der Waals surface area contributed by atoms with Crippen LogP contribution in [0.25, 0.3) is 0 Å². The van der Waals surface area contributed by atoms with Gasteiger partial charge in [-0.2, -0.15) is 13.2 Å². The number of aliphatic hydroxyl groups excluding tert-OH is 1. The molecule has 1 aliphatic rings. The fourth-order valence-corrected chi connectivity index (χ4v) is 2.28. The lowest BCUT2D eigenvalue weighted by molar-refractivity contribution is -0.195. The predicted octanol–water partition coefficient (Wildman–Crippen LogP) is 3.28. The first-order chi connectivity index (χ1) is 7.98. The van der Waals surface area contributed by atoms with Gasteiger partial charge < -0.3 is 10.1 Å². The van der Waals surface area contributed by atoms with E-state index in [1.54, 1.807) is 0 Å². The van der Waals surface area contributed by atoms with Crippen molar-refractivity contribution in [2.24, 2.45) is 5.41 Å². The molecule has 0 saturated carbocycles. The maximum absolute atomic E-state index is 13.9. The first-order valence-corrected chi connectivity index (χ1v) is 5.31. The van der Waals surface area contributed by atoms with E-state index < -0.39 is 34.7 Å². The minimum atomic E-state index is -4.76. The van der Waals surface area contributed by atoms with E-state index in [-0.39, 0.29) is 12.1 Å². The molecule has 1 unspecified atom stereocenters. The number of nitrogens with one attached hydrogen (secondary N) is 1. The van der Waals surface area contributed by atoms with E-state index in [0.717, 1.165) is 0 Å². The molecule has 1 aromatic heterocycles. The molecule has 2 rings (SSSR count). The molecule has 0 radical (unpaired) electrons. The Hall–Kier alpha value is -1.11. The summed E-state index contributed by atoms with van der Waals surface area (Å²) in [4.78, 5) is 2.34. The number of hydrogen-bond donors (Lipinski definition) is 2. The Labute approximate surface area is 99.8 Å². The molecule has 0 saturated heterocycles. The highest BCUT2D eigenvalue weighted by Crippen LogP contribution is 2.54. The summed E-state index contributed by atoms with van der Waals surface area (Å²) in [5, 5.41) is 9.59. The lowest BCUT2D eigenvalue weighted by atomic mass is 9.71. The lowest BCUT2D eigenvalue weighted by Gasteiger charge is -2.41. The SMILES string of the molecule is CC1(C)Cc2[nH]cc(C(F)(F)F)c2C(O)C1(F)F. The number of halogens is 5. The molecule has 7 heteroatoms. The molecule has 0 aromatic carbocycles. The van der Waals surface area contributed by atoms with Crippen molar-refractivity contribution in [3.63, 3.8) is 0 Å². The largest absolute Gasteiger partial charge is 0.418 e. The quantitative estimate of drug-likeness (QED) is 0.697. The van der Waals surface area contributed by atoms with Gasteiger partial charge in [-0.05, 0) is 6.42 Å². The van der Waals surface area contributed by atoms with Crippen molar-refractivity contribution in [2.75, 3.05) is 0 Å². The van der Waals surface area contributed by atoms with Crippen LogP contribution in [0, 0.1) is 5.41 Å². The summed E-state index contributed by atoms with van der Waals surface area (Å²) in [5.74, 6) is -3.61. The summed E-state index contributed by atoms with van der Waals surface area (Å²) in [5.41, 5.74) is -3.54. The molecule has 1 aliphatic carbocycles. The van der Waals surface area contributed by atoms with Crippen LogP contribution in [0.2, 0.25) is 0 Å². The van der Waals surface area contributed by atoms with Crippen LogP contribution in [0.3, 0.4) is 0 Å². The highest BCUT2D eigenvalue weighted by Gasteiger charge is 2.58. The smallest absolute Gasteiger partial charge is 0.382 e. The average Bonchev–Trinajstić information content (AvgIpc) is 2.57. The van der Waals surface area contributed by atoms with Crippen molar-refractivity contribution < 1.29 is 27.1 Å². The third-order valence-corrected chi connectivity index (χ3v) is 3.45. The number of aliphatic hydroxyl groups is 1. The fourth-order valence-electron chi connectivity index (χ4n) is 2.28. The average molecular weight is 269 g/mol. The number of aromatic amines is 1. The Bertz CT molecular complexity index is 474. The zero-order chi connectivity index (χ0) is 13.9. The first-order valence-electron chi connectivity index (χ1n) is 5.31. The van der Waals surface area contributed by atoms with Gasteiger partial charge in [-0.3, -0.25) is 0 Å². The van der Waals surface area contributed by atoms with Crippen LogP contribution in [-0.2, 0) is 12.6 Å². The number of aromatic nitrogens is 1. The second kappa shape index (κ2) is 3.46. The highest BCUT2D eigenvalue weighted by atomic mass is 19.4. The lowest BCUT2D eigenvalue weighted by Crippen LogP contribution is -2.47. The predicted molar refractivity (Wildman–Crippen MR) is 53.2 cm³/mol. The summed E-state index contributed by atoms with van der Waals surface area (Å²) in [6, 6.07) is 0. The molecule has 102 valence electrons. The third kappa shape index (κ3) is 1.64. The highest BCUT2D eigenvalue weighted by molar-refractivity contribution is 5.40. The van der Waals surface area contributed by atoms with Crippen LogP contribution in [-0.4, -0.2) is 16.0 Å². The zero-order valence-corrected chi connectivity index (χ0v) is 9.70. The Morgan fingerprint density at radius 1 is 1.33 bits per heavy atom. The molecule has 1 atom stereocenters. The maximum Gasteiger partial charge on any atom is 0.418 e. The van der Waals surface area contributed by atoms with E-state index >= 15 is 0 Å². The second-order valence-electron chi connectivity index (χ2n) is 5.18. The molecule has 1 aromatic rings. The molecule has 2 nitrogen and oxygen atoms in total. The van der Waals surface area contributed by atoms with E-state index in [4.69, 9.17) is 0 Å². The van der Waals surface area contributed by atoms with Crippen molar-refractivity contribution in [3.05, 3.63) is 23.0 Å². The van der Waals surface area contributed by atoms with Crippen molar-refractivity contribution in [2.45, 2.75) is 38.5 Å². The van der Waals surface area contributed by atoms with Gasteiger partial charge >= 0.3 is 6.18 Å². The number of alkyl halides is 5. The zero-order valence-electron chi connectivity index (χ0n) is 9.70. The van der Waals surface area contributed by atoms with Gasteiger partial charge in [0.2, 0.25) is 0 Å². The topological polar surface area (TPSA) is 36.0 Å². The summed E-state index contributed by atoms with van der Waals surface area (Å²) in [7, 11) is 0. The molecular weight excluding hydrogens is 257 g/mol. The molecule has 0 aliphatic heterocycles. The summed E-state index contributed by atoms with van der Waals surface area (Å²) < 4.78 is 65.7. The number of rotatable bonds is 0. The van der Waals surface area contributed by atoms with E-state index in [1.165, 1.54) is 13.8 Å². The first kappa shape index (κ1) is 13.3. The van der Waals surface area contributed by atoms with E-state index in [1.807, 2.05) is 0 Å². The van der Waals surface area contributed by atoms with E-state index in [2.05, 4.69) is 4.98 Å². The molecule has 18 heavy (non-hydrogen) atoms. The minimum Gasteiger partial charge on any atom is -0.382 e. The van der Waals surface area contributed by atoms with Crippen LogP contribution in [0.1, 0.15) is 36.8 Å². The second-order valence-corrected chi connectivity index (χ2v) is 5.18. The molecule has 0 bridgehead atoms. The molecule has 0 amide bonds. The molecule has 0 spiro atoms. The Morgan fingerprint density at radius 2 is 1.89 bits per heavy atom. The maximum atomic E-state index is 13.9. The van der Waals surface area contributed by atoms with Gasteiger partial charge in [0.1, 0.15) is 6.10 Å². The van der Waals surface area contributed by atoms with Gasteiger partial charge in [-0.25, -0.2) is 8.78 Å². The van der Waals surface area contributed by atoms with Crippen LogP contribution in [0.5, 0.6) is 0 Å². The van der Waals surface area contributed by atoms with Gasteiger partial charge in [0.15, 0.2) is 0 Å². The van der Waals surface area contributed by atoms with Crippen LogP contribution < -0.4 is 0 Å². The van der Waals surface area contributed by atoms with E-state index in [0.29, 0.717) is 6.20 Å². The number of H-pyrrole nitrogens is 1. The van der Waals surface area contributed by atoms with Crippen molar-refractivity contribution in [3.8, 4) is 0 Å². The monoisotopic (exact) mass is 269 g/mol. The Balaban J connectivity index is 2.61. The van der Waals surface area contributed by atoms with Gasteiger partial charge in [-0.1, -0.05) is 13.8 Å². The van der Waals surface area contributed by atoms with Gasteiger partial charge in [0, 0.05) is 22.9 Å². The van der Waals surface area contributed by atoms with Crippen LogP contribution in [0.15, 0.2) is 6.20 Å². The number of hydrogen-bond acceptors (Lipinski definition) is 1. The summed E-state index contributed by atoms with van der Waals surface area (Å²) in [6.07, 6.45) is -6.82. The third-order valence-electron chi connectivity index (χ3n) is 3.45. The Morgan fingerprint density at radius 3 is 2.39 bits per heavy atom. The van der Waals surface area contributed by atoms with Crippen LogP contribution in [0.4, 0.5) is 22.0 Å². The number of fused-ring (bicyclic) bond motifs is 1. The van der Waals surface area contributed by atoms with Crippen LogP contribution >= 0.6 is 0 Å². The fraction of sp³-hybridized carbons (Fsp3) is 0.636. The van der Waals surface area contributed by atoms with E-state index in [9.17, 15) is 27.1 Å². The molecule has 1 heterocycles. The van der Waals surface area contributed by atoms with Crippen molar-refractivity contribution in [1.29, 1.82) is 0 Å². The van der Waals surface area contributed by atoms with Gasteiger partial charge in [0.05, 0.1) is 5.56 Å². The minimum absolute atomic E-state index is 0.0192. The molecule has 2 N–H and O–H groups in total. The van der Waals surface area contributed by atoms with Gasteiger partial charge in [-0.15, -0.1) is 0 Å².